The van der Waals surface area contributed by atoms with E-state index >= 15 is 0 Å². The number of aliphatic hydroxyl groups is 2. The van der Waals surface area contributed by atoms with Crippen molar-refractivity contribution in [3.05, 3.63) is 23.9 Å². The molecule has 5 nitrogen and oxygen atoms in total. The summed E-state index contributed by atoms with van der Waals surface area (Å²) in [6.45, 7) is 0.318. The lowest BCUT2D eigenvalue weighted by Crippen LogP contribution is -2.22. The molecule has 0 saturated carbocycles. The van der Waals surface area contributed by atoms with Gasteiger partial charge in [-0.25, -0.2) is 4.98 Å². The van der Waals surface area contributed by atoms with E-state index < -0.39 is 12.2 Å². The number of nitrogens with two attached hydrogens (primary N) is 2. The van der Waals surface area contributed by atoms with Crippen LogP contribution in [0, 0.1) is 0 Å². The molecule has 6 N–H and O–H groups in total. The fraction of sp³-hybridized carbons (Fsp3) is 0.444. The van der Waals surface area contributed by atoms with Crippen molar-refractivity contribution in [1.29, 1.82) is 0 Å². The Morgan fingerprint density at radius 1 is 1.43 bits per heavy atom. The van der Waals surface area contributed by atoms with Crippen LogP contribution in [0.1, 0.15) is 18.1 Å². The summed E-state index contributed by atoms with van der Waals surface area (Å²) in [6, 6.07) is 3.29. The molecule has 1 rings (SSSR count). The van der Waals surface area contributed by atoms with Crippen LogP contribution < -0.4 is 11.5 Å². The minimum atomic E-state index is -1.02. The van der Waals surface area contributed by atoms with Gasteiger partial charge in [0.15, 0.2) is 0 Å². The first-order valence-corrected chi connectivity index (χ1v) is 4.43. The van der Waals surface area contributed by atoms with Crippen LogP contribution in [-0.4, -0.2) is 27.8 Å². The summed E-state index contributed by atoms with van der Waals surface area (Å²) in [6.07, 6.45) is -0.0603. The summed E-state index contributed by atoms with van der Waals surface area (Å²) < 4.78 is 0. The molecule has 0 aliphatic heterocycles. The van der Waals surface area contributed by atoms with E-state index in [1.807, 2.05) is 0 Å². The summed E-state index contributed by atoms with van der Waals surface area (Å²) in [5, 5.41) is 19.2. The van der Waals surface area contributed by atoms with E-state index in [2.05, 4.69) is 4.98 Å². The number of pyridine rings is 1. The molecule has 0 fully saturated rings. The Kier molecular flexibility index (Phi) is 3.82. The van der Waals surface area contributed by atoms with Gasteiger partial charge in [-0.15, -0.1) is 0 Å². The minimum absolute atomic E-state index is 0.232. The molecule has 0 aromatic carbocycles. The van der Waals surface area contributed by atoms with Crippen LogP contribution in [0.25, 0.3) is 0 Å². The lowest BCUT2D eigenvalue weighted by Gasteiger charge is -2.18. The third kappa shape index (κ3) is 2.41. The Morgan fingerprint density at radius 3 is 2.71 bits per heavy atom. The second-order valence-electron chi connectivity index (χ2n) is 3.07. The molecule has 2 atom stereocenters. The molecule has 0 radical (unpaired) electrons. The summed E-state index contributed by atoms with van der Waals surface area (Å²) >= 11 is 0. The van der Waals surface area contributed by atoms with Crippen LogP contribution in [-0.2, 0) is 0 Å². The molecule has 0 bridgehead atoms. The second-order valence-corrected chi connectivity index (χ2v) is 3.07. The van der Waals surface area contributed by atoms with Crippen molar-refractivity contribution in [2.75, 3.05) is 12.3 Å². The highest BCUT2D eigenvalue weighted by atomic mass is 16.3. The third-order valence-electron chi connectivity index (χ3n) is 2.02. The lowest BCUT2D eigenvalue weighted by atomic mass is 10.0. The highest BCUT2D eigenvalue weighted by Crippen LogP contribution is 2.22. The zero-order valence-electron chi connectivity index (χ0n) is 7.80. The predicted molar refractivity (Wildman–Crippen MR) is 53.3 cm³/mol. The Hall–Kier alpha value is -1.17. The van der Waals surface area contributed by atoms with E-state index in [1.54, 1.807) is 12.1 Å². The molecule has 0 saturated heterocycles. The molecular weight excluding hydrogens is 182 g/mol. The molecule has 0 aliphatic rings. The number of aliphatic hydroxyl groups excluding tert-OH is 2. The summed E-state index contributed by atoms with van der Waals surface area (Å²) in [4.78, 5) is 3.82. The zero-order valence-corrected chi connectivity index (χ0v) is 7.80. The van der Waals surface area contributed by atoms with Crippen LogP contribution in [0.4, 0.5) is 5.82 Å². The standard InChI is InChI=1S/C9H15N3O2/c10-4-3-7(13)8(14)6-2-1-5-12-9(6)11/h1-2,5,7-8,13-14H,3-4,10H2,(H2,11,12). The minimum Gasteiger partial charge on any atom is -0.390 e. The van der Waals surface area contributed by atoms with Gasteiger partial charge in [0.25, 0.3) is 0 Å². The van der Waals surface area contributed by atoms with E-state index in [-0.39, 0.29) is 5.82 Å². The molecule has 1 aromatic heterocycles. The van der Waals surface area contributed by atoms with Crippen molar-refractivity contribution in [1.82, 2.24) is 4.98 Å². The van der Waals surface area contributed by atoms with Gasteiger partial charge in [-0.05, 0) is 19.0 Å². The molecule has 14 heavy (non-hydrogen) atoms. The average Bonchev–Trinajstić information content (AvgIpc) is 2.18. The first-order chi connectivity index (χ1) is 6.66. The van der Waals surface area contributed by atoms with Gasteiger partial charge < -0.3 is 21.7 Å². The summed E-state index contributed by atoms with van der Waals surface area (Å²) in [7, 11) is 0. The van der Waals surface area contributed by atoms with Gasteiger partial charge in [-0.1, -0.05) is 6.07 Å². The maximum atomic E-state index is 9.68. The van der Waals surface area contributed by atoms with E-state index in [1.165, 1.54) is 6.20 Å². The Morgan fingerprint density at radius 2 is 2.14 bits per heavy atom. The second kappa shape index (κ2) is 4.90. The monoisotopic (exact) mass is 197 g/mol. The Bertz CT molecular complexity index is 293. The van der Waals surface area contributed by atoms with Crippen molar-refractivity contribution < 1.29 is 10.2 Å². The molecule has 0 aliphatic carbocycles. The summed E-state index contributed by atoms with van der Waals surface area (Å²) in [5.41, 5.74) is 11.2. The maximum Gasteiger partial charge on any atom is 0.129 e. The quantitative estimate of drug-likeness (QED) is 0.516. The molecular formula is C9H15N3O2. The van der Waals surface area contributed by atoms with Gasteiger partial charge in [0, 0.05) is 11.8 Å². The topological polar surface area (TPSA) is 105 Å². The van der Waals surface area contributed by atoms with Crippen LogP contribution in [0.3, 0.4) is 0 Å². The van der Waals surface area contributed by atoms with E-state index in [0.29, 0.717) is 18.5 Å². The van der Waals surface area contributed by atoms with Gasteiger partial charge >= 0.3 is 0 Å². The Labute approximate surface area is 82.4 Å². The van der Waals surface area contributed by atoms with Gasteiger partial charge in [0.1, 0.15) is 11.9 Å². The van der Waals surface area contributed by atoms with E-state index in [9.17, 15) is 10.2 Å². The van der Waals surface area contributed by atoms with Crippen LogP contribution in [0.2, 0.25) is 0 Å². The molecule has 78 valence electrons. The average molecular weight is 197 g/mol. The number of hydrogen-bond acceptors (Lipinski definition) is 5. The smallest absolute Gasteiger partial charge is 0.129 e. The number of nitrogens with zero attached hydrogens (tertiary/aromatic N) is 1. The van der Waals surface area contributed by atoms with E-state index in [0.717, 1.165) is 0 Å². The normalized spacial score (nSPS) is 15.1. The predicted octanol–water partition coefficient (Wildman–Crippen LogP) is -0.593. The number of nitrogen functional groups attached to an aromatic ring is 1. The van der Waals surface area contributed by atoms with Gasteiger partial charge in [-0.2, -0.15) is 0 Å². The van der Waals surface area contributed by atoms with Crippen molar-refractivity contribution in [2.45, 2.75) is 18.6 Å². The van der Waals surface area contributed by atoms with E-state index in [4.69, 9.17) is 11.5 Å². The first kappa shape index (κ1) is 10.9. The largest absolute Gasteiger partial charge is 0.390 e. The first-order valence-electron chi connectivity index (χ1n) is 4.43. The highest BCUT2D eigenvalue weighted by molar-refractivity contribution is 5.40. The fourth-order valence-electron chi connectivity index (χ4n) is 1.22. The van der Waals surface area contributed by atoms with Gasteiger partial charge in [0.05, 0.1) is 6.10 Å². The van der Waals surface area contributed by atoms with Crippen LogP contribution in [0.15, 0.2) is 18.3 Å². The van der Waals surface area contributed by atoms with Crippen molar-refractivity contribution in [3.8, 4) is 0 Å². The maximum absolute atomic E-state index is 9.68. The highest BCUT2D eigenvalue weighted by Gasteiger charge is 2.19. The molecule has 5 heteroatoms. The molecule has 2 unspecified atom stereocenters. The number of anilines is 1. The van der Waals surface area contributed by atoms with Gasteiger partial charge in [0.2, 0.25) is 0 Å². The number of rotatable bonds is 4. The fourth-order valence-corrected chi connectivity index (χ4v) is 1.22. The zero-order chi connectivity index (χ0) is 10.6. The SMILES string of the molecule is NCCC(O)C(O)c1cccnc1N. The van der Waals surface area contributed by atoms with Crippen LogP contribution in [0.5, 0.6) is 0 Å². The molecule has 1 aromatic rings. The van der Waals surface area contributed by atoms with Crippen molar-refractivity contribution in [2.24, 2.45) is 5.73 Å². The van der Waals surface area contributed by atoms with Crippen molar-refractivity contribution in [3.63, 3.8) is 0 Å². The molecule has 0 amide bonds. The van der Waals surface area contributed by atoms with Crippen molar-refractivity contribution >= 4 is 5.82 Å². The molecule has 1 heterocycles. The summed E-state index contributed by atoms with van der Waals surface area (Å²) in [5.74, 6) is 0.232. The molecule has 0 spiro atoms. The van der Waals surface area contributed by atoms with Gasteiger partial charge in [-0.3, -0.25) is 0 Å². The Balaban J connectivity index is 2.78. The lowest BCUT2D eigenvalue weighted by molar-refractivity contribution is 0.0153. The number of hydrogen-bond donors (Lipinski definition) is 4. The number of aromatic nitrogens is 1. The third-order valence-corrected chi connectivity index (χ3v) is 2.02. The van der Waals surface area contributed by atoms with Crippen LogP contribution >= 0.6 is 0 Å².